The number of aromatic nitrogens is 1. The summed E-state index contributed by atoms with van der Waals surface area (Å²) in [6, 6.07) is 21.3. The SMILES string of the molecule is O=C(CS1=C2C(=C(Nc3ccc(OCc4ccccn4)c(Cl)c3)N=CN2Cc2ccccc2)C=C1)NCCO. The number of carbonyl (C=O) groups excluding carboxylic acids is 1. The largest absolute Gasteiger partial charge is 0.486 e. The quantitative estimate of drug-likeness (QED) is 0.298. The molecule has 0 spiro atoms. The van der Waals surface area contributed by atoms with Crippen LogP contribution in [0.3, 0.4) is 0 Å². The summed E-state index contributed by atoms with van der Waals surface area (Å²) in [5.74, 6) is 1.44. The maximum Gasteiger partial charge on any atom is 0.230 e. The van der Waals surface area contributed by atoms with E-state index in [1.165, 1.54) is 0 Å². The van der Waals surface area contributed by atoms with Gasteiger partial charge in [0.1, 0.15) is 18.2 Å². The van der Waals surface area contributed by atoms with Crippen molar-refractivity contribution in [3.63, 3.8) is 0 Å². The molecule has 0 saturated carbocycles. The highest BCUT2D eigenvalue weighted by Gasteiger charge is 2.27. The van der Waals surface area contributed by atoms with Crippen molar-refractivity contribution in [1.29, 1.82) is 0 Å². The number of ether oxygens (including phenoxy) is 1. The first-order valence-electron chi connectivity index (χ1n) is 12.4. The molecule has 8 nitrogen and oxygen atoms in total. The van der Waals surface area contributed by atoms with Crippen LogP contribution in [0.25, 0.3) is 0 Å². The van der Waals surface area contributed by atoms with Crippen molar-refractivity contribution in [2.75, 3.05) is 24.2 Å². The molecule has 2 aliphatic rings. The maximum atomic E-state index is 12.5. The average molecular weight is 562 g/mol. The van der Waals surface area contributed by atoms with E-state index < -0.39 is 10.5 Å². The number of rotatable bonds is 11. The Hall–Kier alpha value is -3.92. The predicted octanol–water partition coefficient (Wildman–Crippen LogP) is 4.52. The molecule has 0 radical (unpaired) electrons. The lowest BCUT2D eigenvalue weighted by atomic mass is 10.1. The Kier molecular flexibility index (Phi) is 8.72. The molecule has 1 aromatic heterocycles. The number of aliphatic imine (C=N–C) groups is 1. The first-order chi connectivity index (χ1) is 19.1. The van der Waals surface area contributed by atoms with Crippen LogP contribution in [-0.2, 0) is 17.9 Å². The van der Waals surface area contributed by atoms with E-state index >= 15 is 0 Å². The Morgan fingerprint density at radius 2 is 1.95 bits per heavy atom. The lowest BCUT2D eigenvalue weighted by molar-refractivity contribution is -0.118. The van der Waals surface area contributed by atoms with Gasteiger partial charge in [0.05, 0.1) is 34.4 Å². The minimum Gasteiger partial charge on any atom is -0.486 e. The zero-order valence-electron chi connectivity index (χ0n) is 21.1. The second kappa shape index (κ2) is 12.8. The van der Waals surface area contributed by atoms with Crippen molar-refractivity contribution in [3.05, 3.63) is 112 Å². The van der Waals surface area contributed by atoms with E-state index in [0.29, 0.717) is 35.5 Å². The number of pyridine rings is 1. The van der Waals surface area contributed by atoms with Gasteiger partial charge in [-0.3, -0.25) is 9.78 Å². The minimum atomic E-state index is -0.462. The predicted molar refractivity (Wildman–Crippen MR) is 158 cm³/mol. The summed E-state index contributed by atoms with van der Waals surface area (Å²) in [4.78, 5) is 24.6. The molecule has 10 heteroatoms. The van der Waals surface area contributed by atoms with Crippen LogP contribution in [0.4, 0.5) is 5.69 Å². The number of hydrogen-bond acceptors (Lipinski definition) is 7. The van der Waals surface area contributed by atoms with E-state index in [1.54, 1.807) is 18.6 Å². The summed E-state index contributed by atoms with van der Waals surface area (Å²) in [5, 5.41) is 17.7. The highest BCUT2D eigenvalue weighted by Crippen LogP contribution is 2.36. The van der Waals surface area contributed by atoms with Gasteiger partial charge in [-0.25, -0.2) is 4.99 Å². The number of benzene rings is 2. The van der Waals surface area contributed by atoms with Gasteiger partial charge in [0.25, 0.3) is 0 Å². The van der Waals surface area contributed by atoms with Crippen molar-refractivity contribution in [3.8, 4) is 5.75 Å². The number of aliphatic hydroxyl groups excluding tert-OH is 1. The number of carbonyl (C=O) groups is 1. The van der Waals surface area contributed by atoms with Crippen LogP contribution in [0.2, 0.25) is 5.02 Å². The maximum absolute atomic E-state index is 12.5. The van der Waals surface area contributed by atoms with Gasteiger partial charge >= 0.3 is 0 Å². The molecule has 1 atom stereocenters. The third-order valence-corrected chi connectivity index (χ3v) is 8.22. The first kappa shape index (κ1) is 26.7. The second-order valence-corrected chi connectivity index (χ2v) is 11.0. The fourth-order valence-corrected chi connectivity index (χ4v) is 6.27. The molecule has 5 rings (SSSR count). The van der Waals surface area contributed by atoms with Crippen LogP contribution in [0.15, 0.2) is 101 Å². The molecule has 1 unspecified atom stereocenters. The van der Waals surface area contributed by atoms with Gasteiger partial charge < -0.3 is 25.4 Å². The number of aliphatic hydroxyl groups is 1. The summed E-state index contributed by atoms with van der Waals surface area (Å²) >= 11 is 6.53. The van der Waals surface area contributed by atoms with E-state index in [-0.39, 0.29) is 19.1 Å². The fraction of sp³-hybridized carbons (Fsp3) is 0.172. The topological polar surface area (TPSA) is 99.1 Å². The van der Waals surface area contributed by atoms with Gasteiger partial charge in [-0.05, 0) is 47.4 Å². The second-order valence-electron chi connectivity index (χ2n) is 8.75. The van der Waals surface area contributed by atoms with Crippen molar-refractivity contribution < 1.29 is 14.6 Å². The smallest absolute Gasteiger partial charge is 0.230 e. The Morgan fingerprint density at radius 1 is 1.10 bits per heavy atom. The van der Waals surface area contributed by atoms with E-state index in [9.17, 15) is 4.79 Å². The monoisotopic (exact) mass is 561 g/mol. The van der Waals surface area contributed by atoms with Gasteiger partial charge in [-0.15, -0.1) is 10.5 Å². The number of anilines is 1. The number of hydrogen-bond donors (Lipinski definition) is 3. The Labute approximate surface area is 234 Å². The molecule has 2 aromatic carbocycles. The van der Waals surface area contributed by atoms with Crippen LogP contribution in [0.1, 0.15) is 11.3 Å². The van der Waals surface area contributed by atoms with Crippen molar-refractivity contribution in [1.82, 2.24) is 15.2 Å². The Bertz CT molecular complexity index is 1460. The van der Waals surface area contributed by atoms with Crippen LogP contribution in [-0.4, -0.2) is 51.1 Å². The molecule has 3 N–H and O–H groups in total. The van der Waals surface area contributed by atoms with Gasteiger partial charge in [0.15, 0.2) is 0 Å². The van der Waals surface area contributed by atoms with Crippen molar-refractivity contribution >= 4 is 45.0 Å². The zero-order chi connectivity index (χ0) is 27.0. The normalized spacial score (nSPS) is 15.9. The molecule has 0 bridgehead atoms. The summed E-state index contributed by atoms with van der Waals surface area (Å²) < 4.78 is 5.85. The molecule has 39 heavy (non-hydrogen) atoms. The zero-order valence-corrected chi connectivity index (χ0v) is 22.7. The molecule has 1 amide bonds. The lowest BCUT2D eigenvalue weighted by Crippen LogP contribution is -2.35. The minimum absolute atomic E-state index is 0.0898. The summed E-state index contributed by atoms with van der Waals surface area (Å²) in [6.45, 7) is 1.10. The molecule has 3 aromatic rings. The standard InChI is InChI=1S/C29H28ClN5O3S/c30-25-16-22(9-10-26(25)38-18-23-8-4-5-12-31-23)34-28-24-11-15-39(19-27(37)32-13-14-36)29(24)35(20-33-28)17-21-6-2-1-3-7-21/h1-12,15-16,20,34,36H,13-14,17-19H2,(H,32,37). The Morgan fingerprint density at radius 3 is 2.72 bits per heavy atom. The molecule has 0 aliphatic carbocycles. The van der Waals surface area contributed by atoms with Gasteiger partial charge in [0.2, 0.25) is 5.91 Å². The van der Waals surface area contributed by atoms with Gasteiger partial charge in [-0.2, -0.15) is 0 Å². The van der Waals surface area contributed by atoms with E-state index in [1.807, 2.05) is 54.6 Å². The van der Waals surface area contributed by atoms with E-state index in [4.69, 9.17) is 26.4 Å². The van der Waals surface area contributed by atoms with E-state index in [2.05, 4.69) is 38.1 Å². The highest BCUT2D eigenvalue weighted by atomic mass is 35.5. The van der Waals surface area contributed by atoms with Crippen molar-refractivity contribution in [2.24, 2.45) is 4.99 Å². The summed E-state index contributed by atoms with van der Waals surface area (Å²) in [7, 11) is -0.462. The molecule has 0 fully saturated rings. The van der Waals surface area contributed by atoms with Gasteiger partial charge in [-0.1, -0.05) is 48.0 Å². The molecule has 0 saturated heterocycles. The lowest BCUT2D eigenvalue weighted by Gasteiger charge is -2.28. The van der Waals surface area contributed by atoms with Gasteiger partial charge in [0, 0.05) is 30.5 Å². The number of nitrogens with one attached hydrogen (secondary N) is 2. The van der Waals surface area contributed by atoms with E-state index in [0.717, 1.165) is 27.5 Å². The highest BCUT2D eigenvalue weighted by molar-refractivity contribution is 8.19. The number of fused-ring (bicyclic) bond motifs is 1. The number of halogens is 1. The number of amides is 1. The van der Waals surface area contributed by atoms with Crippen LogP contribution >= 0.6 is 22.1 Å². The number of nitrogens with zero attached hydrogens (tertiary/aromatic N) is 3. The molecule has 200 valence electrons. The average Bonchev–Trinajstić information content (AvgIpc) is 3.38. The molecule has 2 aliphatic heterocycles. The summed E-state index contributed by atoms with van der Waals surface area (Å²) in [5.41, 5.74) is 3.65. The van der Waals surface area contributed by atoms with Crippen LogP contribution in [0.5, 0.6) is 5.75 Å². The molecular weight excluding hydrogens is 534 g/mol. The fourth-order valence-electron chi connectivity index (χ4n) is 4.13. The van der Waals surface area contributed by atoms with Crippen molar-refractivity contribution in [2.45, 2.75) is 13.2 Å². The van der Waals surface area contributed by atoms with Crippen LogP contribution < -0.4 is 15.4 Å². The first-order valence-corrected chi connectivity index (χ1v) is 14.3. The third kappa shape index (κ3) is 6.75. The summed E-state index contributed by atoms with van der Waals surface area (Å²) in [6.07, 6.45) is 5.54. The molecule has 3 heterocycles. The van der Waals surface area contributed by atoms with Crippen LogP contribution in [0, 0.1) is 0 Å². The molecular formula is C29H28ClN5O3S. The third-order valence-electron chi connectivity index (χ3n) is 5.93. The Balaban J connectivity index is 1.36.